The number of rotatable bonds is 4. The lowest BCUT2D eigenvalue weighted by Crippen LogP contribution is -2.18. The molecule has 3 nitrogen and oxygen atoms in total. The fraction of sp³-hybridized carbons (Fsp3) is 0.231. The first-order valence-electron chi connectivity index (χ1n) is 5.48. The summed E-state index contributed by atoms with van der Waals surface area (Å²) in [6, 6.07) is 8.14. The highest BCUT2D eigenvalue weighted by Gasteiger charge is 2.04. The Kier molecular flexibility index (Phi) is 4.07. The molecule has 0 bridgehead atoms. The van der Waals surface area contributed by atoms with Gasteiger partial charge in [0.05, 0.1) is 0 Å². The lowest BCUT2D eigenvalue weighted by Gasteiger charge is -2.14. The van der Waals surface area contributed by atoms with Gasteiger partial charge in [0, 0.05) is 35.6 Å². The van der Waals surface area contributed by atoms with Gasteiger partial charge in [-0.3, -0.25) is 0 Å². The molecule has 0 fully saturated rings. The third-order valence-corrected chi connectivity index (χ3v) is 2.85. The number of aromatic nitrogens is 2. The molecule has 0 saturated heterocycles. The van der Waals surface area contributed by atoms with Crippen LogP contribution < -0.4 is 5.32 Å². The SMILES string of the molecule is C[C@H](NCc1cncnc1)c1ccc(Cl)cc1. The van der Waals surface area contributed by atoms with Crippen LogP contribution in [-0.2, 0) is 6.54 Å². The molecule has 1 aromatic carbocycles. The van der Waals surface area contributed by atoms with Gasteiger partial charge in [-0.2, -0.15) is 0 Å². The van der Waals surface area contributed by atoms with Gasteiger partial charge in [-0.25, -0.2) is 9.97 Å². The summed E-state index contributed by atoms with van der Waals surface area (Å²) in [5.74, 6) is 0. The zero-order valence-electron chi connectivity index (χ0n) is 9.60. The van der Waals surface area contributed by atoms with Gasteiger partial charge in [0.2, 0.25) is 0 Å². The Morgan fingerprint density at radius 2 is 1.82 bits per heavy atom. The molecule has 17 heavy (non-hydrogen) atoms. The molecule has 1 N–H and O–H groups in total. The van der Waals surface area contributed by atoms with E-state index in [2.05, 4.69) is 22.2 Å². The van der Waals surface area contributed by atoms with E-state index in [9.17, 15) is 0 Å². The fourth-order valence-electron chi connectivity index (χ4n) is 1.56. The lowest BCUT2D eigenvalue weighted by molar-refractivity contribution is 0.573. The number of hydrogen-bond donors (Lipinski definition) is 1. The molecule has 1 atom stereocenters. The third kappa shape index (κ3) is 3.51. The number of nitrogens with one attached hydrogen (secondary N) is 1. The van der Waals surface area contributed by atoms with Crippen molar-refractivity contribution in [1.82, 2.24) is 15.3 Å². The summed E-state index contributed by atoms with van der Waals surface area (Å²) in [6.45, 7) is 2.87. The Morgan fingerprint density at radius 1 is 1.18 bits per heavy atom. The first-order valence-corrected chi connectivity index (χ1v) is 5.86. The molecule has 0 radical (unpaired) electrons. The van der Waals surface area contributed by atoms with E-state index in [1.54, 1.807) is 0 Å². The minimum atomic E-state index is 0.271. The second kappa shape index (κ2) is 5.75. The van der Waals surface area contributed by atoms with E-state index in [0.717, 1.165) is 17.1 Å². The highest BCUT2D eigenvalue weighted by atomic mass is 35.5. The largest absolute Gasteiger partial charge is 0.306 e. The molecule has 0 saturated carbocycles. The summed E-state index contributed by atoms with van der Waals surface area (Å²) in [7, 11) is 0. The summed E-state index contributed by atoms with van der Waals surface area (Å²) in [6.07, 6.45) is 5.16. The van der Waals surface area contributed by atoms with Crippen LogP contribution >= 0.6 is 11.6 Å². The summed E-state index contributed by atoms with van der Waals surface area (Å²) < 4.78 is 0. The van der Waals surface area contributed by atoms with Crippen LogP contribution in [0.2, 0.25) is 5.02 Å². The van der Waals surface area contributed by atoms with Crippen molar-refractivity contribution in [1.29, 1.82) is 0 Å². The Labute approximate surface area is 106 Å². The van der Waals surface area contributed by atoms with Crippen LogP contribution in [0.4, 0.5) is 0 Å². The van der Waals surface area contributed by atoms with E-state index in [-0.39, 0.29) is 6.04 Å². The van der Waals surface area contributed by atoms with Crippen molar-refractivity contribution < 1.29 is 0 Å². The fourth-order valence-corrected chi connectivity index (χ4v) is 1.69. The smallest absolute Gasteiger partial charge is 0.115 e. The number of benzene rings is 1. The molecule has 2 rings (SSSR count). The Hall–Kier alpha value is -1.45. The molecular weight excluding hydrogens is 234 g/mol. The molecule has 4 heteroatoms. The molecule has 0 unspecified atom stereocenters. The maximum atomic E-state index is 5.85. The maximum absolute atomic E-state index is 5.85. The van der Waals surface area contributed by atoms with Gasteiger partial charge >= 0.3 is 0 Å². The van der Waals surface area contributed by atoms with Crippen LogP contribution in [0.3, 0.4) is 0 Å². The van der Waals surface area contributed by atoms with E-state index >= 15 is 0 Å². The molecule has 0 amide bonds. The Morgan fingerprint density at radius 3 is 2.47 bits per heavy atom. The van der Waals surface area contributed by atoms with Gasteiger partial charge in [-0.1, -0.05) is 23.7 Å². The van der Waals surface area contributed by atoms with Crippen LogP contribution in [0.1, 0.15) is 24.1 Å². The third-order valence-electron chi connectivity index (χ3n) is 2.60. The van der Waals surface area contributed by atoms with E-state index in [1.807, 2.05) is 36.7 Å². The van der Waals surface area contributed by atoms with Gasteiger partial charge in [0.25, 0.3) is 0 Å². The van der Waals surface area contributed by atoms with Crippen molar-refractivity contribution in [2.24, 2.45) is 0 Å². The first-order chi connectivity index (χ1) is 8.25. The van der Waals surface area contributed by atoms with E-state index < -0.39 is 0 Å². The second-order valence-corrected chi connectivity index (χ2v) is 4.34. The van der Waals surface area contributed by atoms with Crippen LogP contribution in [0.25, 0.3) is 0 Å². The quantitative estimate of drug-likeness (QED) is 0.903. The zero-order valence-corrected chi connectivity index (χ0v) is 10.4. The molecule has 0 aliphatic heterocycles. The van der Waals surface area contributed by atoms with Crippen molar-refractivity contribution in [2.75, 3.05) is 0 Å². The van der Waals surface area contributed by atoms with Gasteiger partial charge in [0.15, 0.2) is 0 Å². The van der Waals surface area contributed by atoms with Crippen LogP contribution in [-0.4, -0.2) is 9.97 Å². The minimum absolute atomic E-state index is 0.271. The number of nitrogens with zero attached hydrogens (tertiary/aromatic N) is 2. The van der Waals surface area contributed by atoms with Crippen molar-refractivity contribution in [3.8, 4) is 0 Å². The number of halogens is 1. The first kappa shape index (κ1) is 12.0. The summed E-state index contributed by atoms with van der Waals surface area (Å²) >= 11 is 5.85. The normalized spacial score (nSPS) is 12.4. The standard InChI is InChI=1S/C13H14ClN3/c1-10(12-2-4-13(14)5-3-12)17-8-11-6-15-9-16-7-11/h2-7,9-10,17H,8H2,1H3/t10-/m0/s1. The summed E-state index contributed by atoms with van der Waals surface area (Å²) in [5, 5.41) is 4.17. The predicted molar refractivity (Wildman–Crippen MR) is 68.7 cm³/mol. The van der Waals surface area contributed by atoms with E-state index in [1.165, 1.54) is 11.9 Å². The van der Waals surface area contributed by atoms with Gasteiger partial charge in [-0.05, 0) is 24.6 Å². The van der Waals surface area contributed by atoms with Gasteiger partial charge < -0.3 is 5.32 Å². The summed E-state index contributed by atoms with van der Waals surface area (Å²) in [5.41, 5.74) is 2.29. The average molecular weight is 248 g/mol. The number of hydrogen-bond acceptors (Lipinski definition) is 3. The van der Waals surface area contributed by atoms with Crippen molar-refractivity contribution in [3.63, 3.8) is 0 Å². The van der Waals surface area contributed by atoms with Crippen LogP contribution in [0.5, 0.6) is 0 Å². The summed E-state index contributed by atoms with van der Waals surface area (Å²) in [4.78, 5) is 7.96. The van der Waals surface area contributed by atoms with Crippen LogP contribution in [0.15, 0.2) is 43.0 Å². The Bertz CT molecular complexity index is 456. The molecule has 1 heterocycles. The van der Waals surface area contributed by atoms with Crippen LogP contribution in [0, 0.1) is 0 Å². The van der Waals surface area contributed by atoms with E-state index in [4.69, 9.17) is 11.6 Å². The van der Waals surface area contributed by atoms with Crippen molar-refractivity contribution >= 4 is 11.6 Å². The molecule has 0 aliphatic rings. The van der Waals surface area contributed by atoms with Gasteiger partial charge in [0.1, 0.15) is 6.33 Å². The second-order valence-electron chi connectivity index (χ2n) is 3.90. The van der Waals surface area contributed by atoms with Crippen molar-refractivity contribution in [3.05, 3.63) is 59.1 Å². The zero-order chi connectivity index (χ0) is 12.1. The highest BCUT2D eigenvalue weighted by Crippen LogP contribution is 2.16. The molecule has 0 spiro atoms. The topological polar surface area (TPSA) is 37.8 Å². The average Bonchev–Trinajstić information content (AvgIpc) is 2.38. The van der Waals surface area contributed by atoms with Crippen molar-refractivity contribution in [2.45, 2.75) is 19.5 Å². The highest BCUT2D eigenvalue weighted by molar-refractivity contribution is 6.30. The minimum Gasteiger partial charge on any atom is -0.306 e. The molecule has 1 aromatic heterocycles. The molecule has 2 aromatic rings. The predicted octanol–water partition coefficient (Wildman–Crippen LogP) is 2.98. The molecule has 88 valence electrons. The Balaban J connectivity index is 1.93. The maximum Gasteiger partial charge on any atom is 0.115 e. The molecular formula is C13H14ClN3. The lowest BCUT2D eigenvalue weighted by atomic mass is 10.1. The monoisotopic (exact) mass is 247 g/mol. The van der Waals surface area contributed by atoms with Gasteiger partial charge in [-0.15, -0.1) is 0 Å². The van der Waals surface area contributed by atoms with E-state index in [0.29, 0.717) is 0 Å². The molecule has 0 aliphatic carbocycles.